The molecule has 6 nitrogen and oxygen atoms in total. The predicted octanol–water partition coefficient (Wildman–Crippen LogP) is 0.289. The van der Waals surface area contributed by atoms with Gasteiger partial charge in [-0.15, -0.1) is 0 Å². The molecule has 0 N–H and O–H groups in total. The van der Waals surface area contributed by atoms with Gasteiger partial charge in [0.05, 0.1) is 18.9 Å². The molecule has 6 unspecified atom stereocenters. The van der Waals surface area contributed by atoms with Gasteiger partial charge in [-0.2, -0.15) is 0 Å². The standard InChI is InChI=1S/C13H16O6/c1-5(14)19-13(2)7-4-6-8(9(7)11(15)17-3)12(16)18-10(6)13/h6-10H,4H2,1-3H3. The van der Waals surface area contributed by atoms with E-state index < -0.39 is 35.5 Å². The number of hydrogen-bond donors (Lipinski definition) is 0. The summed E-state index contributed by atoms with van der Waals surface area (Å²) in [5, 5.41) is 0. The number of carbonyl (C=O) groups is 3. The second-order valence-corrected chi connectivity index (χ2v) is 5.72. The third-order valence-corrected chi connectivity index (χ3v) is 4.85. The van der Waals surface area contributed by atoms with Crippen LogP contribution in [0.1, 0.15) is 20.3 Å². The van der Waals surface area contributed by atoms with Gasteiger partial charge in [0, 0.05) is 18.8 Å². The van der Waals surface area contributed by atoms with Gasteiger partial charge in [0.15, 0.2) is 0 Å². The lowest BCUT2D eigenvalue weighted by atomic mass is 9.72. The second kappa shape index (κ2) is 3.71. The van der Waals surface area contributed by atoms with Crippen molar-refractivity contribution in [3.05, 3.63) is 0 Å². The average Bonchev–Trinajstić information content (AvgIpc) is 2.91. The van der Waals surface area contributed by atoms with Crippen molar-refractivity contribution in [2.75, 3.05) is 7.11 Å². The van der Waals surface area contributed by atoms with E-state index in [0.29, 0.717) is 6.42 Å². The summed E-state index contributed by atoms with van der Waals surface area (Å²) in [5.74, 6) is -2.49. The van der Waals surface area contributed by atoms with Gasteiger partial charge in [-0.25, -0.2) is 0 Å². The molecule has 1 aliphatic heterocycles. The maximum absolute atomic E-state index is 11.9. The van der Waals surface area contributed by atoms with E-state index in [0.717, 1.165) is 0 Å². The summed E-state index contributed by atoms with van der Waals surface area (Å²) in [7, 11) is 1.30. The van der Waals surface area contributed by atoms with Crippen LogP contribution in [0, 0.1) is 23.7 Å². The molecule has 3 aliphatic rings. The molecule has 6 heteroatoms. The van der Waals surface area contributed by atoms with Crippen LogP contribution in [0.25, 0.3) is 0 Å². The second-order valence-electron chi connectivity index (χ2n) is 5.72. The molecule has 0 spiro atoms. The van der Waals surface area contributed by atoms with Crippen LogP contribution in [0.5, 0.6) is 0 Å². The molecule has 2 saturated carbocycles. The van der Waals surface area contributed by atoms with E-state index in [-0.39, 0.29) is 17.8 Å². The molecule has 19 heavy (non-hydrogen) atoms. The lowest BCUT2D eigenvalue weighted by Gasteiger charge is -2.38. The number of methoxy groups -OCH3 is 1. The van der Waals surface area contributed by atoms with E-state index in [9.17, 15) is 14.4 Å². The van der Waals surface area contributed by atoms with Crippen LogP contribution < -0.4 is 0 Å². The molecule has 1 heterocycles. The highest BCUT2D eigenvalue weighted by molar-refractivity contribution is 5.86. The van der Waals surface area contributed by atoms with Gasteiger partial charge in [-0.1, -0.05) is 0 Å². The summed E-state index contributed by atoms with van der Waals surface area (Å²) in [4.78, 5) is 35.2. The number of carbonyl (C=O) groups excluding carboxylic acids is 3. The fourth-order valence-corrected chi connectivity index (χ4v) is 4.26. The summed E-state index contributed by atoms with van der Waals surface area (Å²) in [5.41, 5.74) is -0.919. The van der Waals surface area contributed by atoms with E-state index in [1.165, 1.54) is 14.0 Å². The summed E-state index contributed by atoms with van der Waals surface area (Å²) >= 11 is 0. The molecular weight excluding hydrogens is 252 g/mol. The summed E-state index contributed by atoms with van der Waals surface area (Å²) in [6.07, 6.45) is 0.227. The number of rotatable bonds is 2. The third-order valence-electron chi connectivity index (χ3n) is 4.85. The van der Waals surface area contributed by atoms with Gasteiger partial charge in [-0.3, -0.25) is 14.4 Å². The van der Waals surface area contributed by atoms with Crippen molar-refractivity contribution in [1.29, 1.82) is 0 Å². The molecule has 6 atom stereocenters. The zero-order valence-corrected chi connectivity index (χ0v) is 11.0. The van der Waals surface area contributed by atoms with Gasteiger partial charge in [0.1, 0.15) is 11.7 Å². The molecule has 104 valence electrons. The zero-order valence-electron chi connectivity index (χ0n) is 11.0. The van der Waals surface area contributed by atoms with Crippen LogP contribution in [0.3, 0.4) is 0 Å². The molecule has 2 bridgehead atoms. The molecule has 2 aliphatic carbocycles. The minimum atomic E-state index is -0.919. The van der Waals surface area contributed by atoms with Crippen LogP contribution in [-0.4, -0.2) is 36.7 Å². The fraction of sp³-hybridized carbons (Fsp3) is 0.769. The van der Waals surface area contributed by atoms with E-state index >= 15 is 0 Å². The Labute approximate surface area is 110 Å². The van der Waals surface area contributed by atoms with Crippen molar-refractivity contribution in [1.82, 2.24) is 0 Å². The number of ether oxygens (including phenoxy) is 3. The lowest BCUT2D eigenvalue weighted by molar-refractivity contribution is -0.182. The molecule has 0 aromatic carbocycles. The highest BCUT2D eigenvalue weighted by Crippen LogP contribution is 2.63. The van der Waals surface area contributed by atoms with E-state index in [2.05, 4.69) is 0 Å². The Bertz CT molecular complexity index is 472. The highest BCUT2D eigenvalue weighted by Gasteiger charge is 2.74. The van der Waals surface area contributed by atoms with Crippen LogP contribution in [0.2, 0.25) is 0 Å². The van der Waals surface area contributed by atoms with Crippen molar-refractivity contribution in [2.24, 2.45) is 23.7 Å². The minimum Gasteiger partial charge on any atom is -0.469 e. The predicted molar refractivity (Wildman–Crippen MR) is 60.6 cm³/mol. The van der Waals surface area contributed by atoms with E-state index in [4.69, 9.17) is 14.2 Å². The monoisotopic (exact) mass is 268 g/mol. The molecule has 0 amide bonds. The van der Waals surface area contributed by atoms with Crippen molar-refractivity contribution in [3.8, 4) is 0 Å². The minimum absolute atomic E-state index is 0.0500. The van der Waals surface area contributed by atoms with E-state index in [1.807, 2.05) is 0 Å². The first-order valence-corrected chi connectivity index (χ1v) is 6.38. The van der Waals surface area contributed by atoms with Crippen molar-refractivity contribution in [2.45, 2.75) is 32.0 Å². The summed E-state index contributed by atoms with van der Waals surface area (Å²) in [6.45, 7) is 3.06. The summed E-state index contributed by atoms with van der Waals surface area (Å²) in [6, 6.07) is 0. The van der Waals surface area contributed by atoms with Gasteiger partial charge in [0.2, 0.25) is 0 Å². The first-order chi connectivity index (χ1) is 8.90. The van der Waals surface area contributed by atoms with Crippen LogP contribution in [-0.2, 0) is 28.6 Å². The normalized spacial score (nSPS) is 46.1. The Kier molecular flexibility index (Phi) is 2.43. The summed E-state index contributed by atoms with van der Waals surface area (Å²) < 4.78 is 15.6. The fourth-order valence-electron chi connectivity index (χ4n) is 4.26. The molecule has 3 rings (SSSR count). The maximum atomic E-state index is 11.9. The van der Waals surface area contributed by atoms with Crippen molar-refractivity contribution < 1.29 is 28.6 Å². The van der Waals surface area contributed by atoms with Crippen molar-refractivity contribution in [3.63, 3.8) is 0 Å². The Morgan fingerprint density at radius 3 is 2.68 bits per heavy atom. The van der Waals surface area contributed by atoms with Gasteiger partial charge in [0.25, 0.3) is 0 Å². The topological polar surface area (TPSA) is 78.9 Å². The molecular formula is C13H16O6. The van der Waals surface area contributed by atoms with Gasteiger partial charge >= 0.3 is 17.9 Å². The Morgan fingerprint density at radius 2 is 2.11 bits per heavy atom. The third kappa shape index (κ3) is 1.40. The van der Waals surface area contributed by atoms with Crippen molar-refractivity contribution >= 4 is 17.9 Å². The Balaban J connectivity index is 2.01. The molecule has 0 radical (unpaired) electrons. The largest absolute Gasteiger partial charge is 0.469 e. The quantitative estimate of drug-likeness (QED) is 0.529. The number of esters is 3. The van der Waals surface area contributed by atoms with Crippen LogP contribution in [0.4, 0.5) is 0 Å². The van der Waals surface area contributed by atoms with Crippen LogP contribution >= 0.6 is 0 Å². The van der Waals surface area contributed by atoms with Crippen LogP contribution in [0.15, 0.2) is 0 Å². The SMILES string of the molecule is COC(=O)C1C2C(=O)OC3C2CC1C3(C)OC(C)=O. The molecule has 0 aromatic heterocycles. The smallest absolute Gasteiger partial charge is 0.310 e. The number of fused-ring (bicyclic) bond motifs is 1. The number of hydrogen-bond acceptors (Lipinski definition) is 6. The highest BCUT2D eigenvalue weighted by atomic mass is 16.6. The first-order valence-electron chi connectivity index (χ1n) is 6.38. The molecule has 1 saturated heterocycles. The Hall–Kier alpha value is -1.59. The average molecular weight is 268 g/mol. The zero-order chi connectivity index (χ0) is 13.9. The molecule has 0 aromatic rings. The maximum Gasteiger partial charge on any atom is 0.310 e. The Morgan fingerprint density at radius 1 is 1.42 bits per heavy atom. The van der Waals surface area contributed by atoms with E-state index in [1.54, 1.807) is 6.92 Å². The van der Waals surface area contributed by atoms with Gasteiger partial charge < -0.3 is 14.2 Å². The molecule has 3 fully saturated rings. The van der Waals surface area contributed by atoms with Gasteiger partial charge in [-0.05, 0) is 13.3 Å². The lowest BCUT2D eigenvalue weighted by Crippen LogP contribution is -2.52. The first kappa shape index (κ1) is 12.4.